The molecule has 0 saturated carbocycles. The fraction of sp³-hybridized carbons (Fsp3) is 0.385. The maximum atomic E-state index is 4.70. The Morgan fingerprint density at radius 1 is 1.17 bits per heavy atom. The minimum Gasteiger partial charge on any atom is -0.340 e. The number of thiocarbonyl (C=S) groups is 1. The summed E-state index contributed by atoms with van der Waals surface area (Å²) in [6.45, 7) is 1.99. The number of guanidine groups is 1. The Kier molecular flexibility index (Phi) is 5.05. The van der Waals surface area contributed by atoms with E-state index >= 15 is 0 Å². The standard InChI is InChI=1S/C13H14BrN3S/c14-11-4-6-12(7-5-11)16-13(15-10-18)17-8-2-1-3-9-17/h4-7H,1-3,8-9H2. The fourth-order valence-electron chi connectivity index (χ4n) is 1.93. The highest BCUT2D eigenvalue weighted by atomic mass is 79.9. The van der Waals surface area contributed by atoms with E-state index in [2.05, 4.69) is 36.0 Å². The molecule has 94 valence electrons. The second kappa shape index (κ2) is 6.78. The Morgan fingerprint density at radius 2 is 1.83 bits per heavy atom. The van der Waals surface area contributed by atoms with E-state index in [0.29, 0.717) is 5.96 Å². The summed E-state index contributed by atoms with van der Waals surface area (Å²) in [5.74, 6) is 0.673. The molecule has 0 bridgehead atoms. The number of hydrogen-bond donors (Lipinski definition) is 0. The summed E-state index contributed by atoms with van der Waals surface area (Å²) in [6, 6.07) is 7.83. The molecule has 1 aromatic rings. The predicted molar refractivity (Wildman–Crippen MR) is 81.7 cm³/mol. The Bertz CT molecular complexity index is 472. The Morgan fingerprint density at radius 3 is 2.44 bits per heavy atom. The zero-order valence-electron chi connectivity index (χ0n) is 9.97. The third-order valence-electron chi connectivity index (χ3n) is 2.84. The third kappa shape index (κ3) is 3.73. The van der Waals surface area contributed by atoms with E-state index in [4.69, 9.17) is 12.2 Å². The van der Waals surface area contributed by atoms with Crippen molar-refractivity contribution in [2.75, 3.05) is 13.1 Å². The molecule has 0 unspecified atom stereocenters. The number of likely N-dealkylation sites (tertiary alicyclic amines) is 1. The lowest BCUT2D eigenvalue weighted by Gasteiger charge is -2.26. The number of isothiocyanates is 1. The second-order valence-corrected chi connectivity index (χ2v) is 5.24. The number of nitrogens with zero attached hydrogens (tertiary/aromatic N) is 3. The lowest BCUT2D eigenvalue weighted by molar-refractivity contribution is 0.339. The first-order valence-corrected chi connectivity index (χ1v) is 7.17. The smallest absolute Gasteiger partial charge is 0.235 e. The van der Waals surface area contributed by atoms with Crippen molar-refractivity contribution in [1.82, 2.24) is 4.90 Å². The molecule has 1 aliphatic heterocycles. The second-order valence-electron chi connectivity index (χ2n) is 4.14. The number of piperidine rings is 1. The van der Waals surface area contributed by atoms with Gasteiger partial charge in [0.25, 0.3) is 0 Å². The van der Waals surface area contributed by atoms with Crippen LogP contribution in [0.1, 0.15) is 19.3 Å². The highest BCUT2D eigenvalue weighted by molar-refractivity contribution is 9.10. The lowest BCUT2D eigenvalue weighted by Crippen LogP contribution is -2.34. The molecule has 0 aromatic heterocycles. The van der Waals surface area contributed by atoms with Gasteiger partial charge in [-0.2, -0.15) is 4.99 Å². The van der Waals surface area contributed by atoms with Gasteiger partial charge in [0.05, 0.1) is 10.8 Å². The van der Waals surface area contributed by atoms with Gasteiger partial charge in [0.1, 0.15) is 0 Å². The van der Waals surface area contributed by atoms with Crippen molar-refractivity contribution < 1.29 is 0 Å². The minimum atomic E-state index is 0.673. The maximum absolute atomic E-state index is 4.70. The van der Waals surface area contributed by atoms with Gasteiger partial charge < -0.3 is 4.90 Å². The SMILES string of the molecule is S=C=NC(=Nc1ccc(Br)cc1)N1CCCCC1. The van der Waals surface area contributed by atoms with E-state index in [1.807, 2.05) is 24.3 Å². The summed E-state index contributed by atoms with van der Waals surface area (Å²) in [6.07, 6.45) is 3.65. The molecule has 3 nitrogen and oxygen atoms in total. The fourth-order valence-corrected chi connectivity index (χ4v) is 2.28. The first-order valence-electron chi connectivity index (χ1n) is 5.96. The van der Waals surface area contributed by atoms with E-state index in [9.17, 15) is 0 Å². The van der Waals surface area contributed by atoms with E-state index in [1.165, 1.54) is 19.3 Å². The van der Waals surface area contributed by atoms with E-state index in [1.54, 1.807) is 0 Å². The average Bonchev–Trinajstić information content (AvgIpc) is 2.42. The van der Waals surface area contributed by atoms with Crippen molar-refractivity contribution in [3.8, 4) is 0 Å². The molecule has 0 spiro atoms. The van der Waals surface area contributed by atoms with Gasteiger partial charge in [-0.25, -0.2) is 4.99 Å². The first-order chi connectivity index (χ1) is 8.79. The van der Waals surface area contributed by atoms with Crippen molar-refractivity contribution in [2.45, 2.75) is 19.3 Å². The van der Waals surface area contributed by atoms with Gasteiger partial charge in [-0.15, -0.1) is 0 Å². The zero-order valence-corrected chi connectivity index (χ0v) is 12.4. The minimum absolute atomic E-state index is 0.673. The van der Waals surface area contributed by atoms with Crippen LogP contribution in [-0.4, -0.2) is 29.1 Å². The molecule has 0 amide bonds. The van der Waals surface area contributed by atoms with Gasteiger partial charge in [0.2, 0.25) is 5.96 Å². The molecule has 1 saturated heterocycles. The summed E-state index contributed by atoms with van der Waals surface area (Å²) in [5, 5.41) is 2.42. The van der Waals surface area contributed by atoms with Crippen molar-refractivity contribution in [1.29, 1.82) is 0 Å². The van der Waals surface area contributed by atoms with Crippen LogP contribution in [0.3, 0.4) is 0 Å². The van der Waals surface area contributed by atoms with Crippen molar-refractivity contribution in [2.24, 2.45) is 9.98 Å². The molecule has 1 heterocycles. The van der Waals surface area contributed by atoms with Gasteiger partial charge in [-0.05, 0) is 55.7 Å². The molecule has 1 aliphatic rings. The largest absolute Gasteiger partial charge is 0.340 e. The molecule has 18 heavy (non-hydrogen) atoms. The van der Waals surface area contributed by atoms with Gasteiger partial charge in [-0.1, -0.05) is 15.9 Å². The summed E-state index contributed by atoms with van der Waals surface area (Å²) in [5.41, 5.74) is 0.882. The molecule has 0 atom stereocenters. The van der Waals surface area contributed by atoms with Crippen LogP contribution in [0.4, 0.5) is 5.69 Å². The molecule has 1 fully saturated rings. The molecule has 0 N–H and O–H groups in total. The quantitative estimate of drug-likeness (QED) is 0.443. The van der Waals surface area contributed by atoms with Crippen LogP contribution in [0.2, 0.25) is 0 Å². The van der Waals surface area contributed by atoms with E-state index < -0.39 is 0 Å². The van der Waals surface area contributed by atoms with E-state index in [0.717, 1.165) is 23.2 Å². The lowest BCUT2D eigenvalue weighted by atomic mass is 10.1. The van der Waals surface area contributed by atoms with Crippen LogP contribution in [0.15, 0.2) is 38.7 Å². The molecule has 1 aromatic carbocycles. The van der Waals surface area contributed by atoms with Crippen LogP contribution in [0, 0.1) is 0 Å². The number of rotatable bonds is 1. The zero-order chi connectivity index (χ0) is 12.8. The monoisotopic (exact) mass is 323 g/mol. The van der Waals surface area contributed by atoms with Crippen LogP contribution in [0.5, 0.6) is 0 Å². The Labute approximate surface area is 121 Å². The molecule has 2 rings (SSSR count). The molecule has 0 aliphatic carbocycles. The maximum Gasteiger partial charge on any atom is 0.235 e. The van der Waals surface area contributed by atoms with Crippen molar-refractivity contribution in [3.63, 3.8) is 0 Å². The van der Waals surface area contributed by atoms with Gasteiger partial charge in [0, 0.05) is 17.6 Å². The predicted octanol–water partition coefficient (Wildman–Crippen LogP) is 4.03. The Balaban J connectivity index is 2.22. The molecular formula is C13H14BrN3S. The number of benzene rings is 1. The summed E-state index contributed by atoms with van der Waals surface area (Å²) in [7, 11) is 0. The summed E-state index contributed by atoms with van der Waals surface area (Å²) in [4.78, 5) is 10.8. The van der Waals surface area contributed by atoms with Gasteiger partial charge >= 0.3 is 0 Å². The van der Waals surface area contributed by atoms with Gasteiger partial charge in [0.15, 0.2) is 0 Å². The average molecular weight is 324 g/mol. The Hall–Kier alpha value is -1.03. The van der Waals surface area contributed by atoms with E-state index in [-0.39, 0.29) is 0 Å². The topological polar surface area (TPSA) is 28.0 Å². The highest BCUT2D eigenvalue weighted by Crippen LogP contribution is 2.18. The van der Waals surface area contributed by atoms with Crippen molar-refractivity contribution >= 4 is 45.0 Å². The first kappa shape index (κ1) is 13.4. The number of hydrogen-bond acceptors (Lipinski definition) is 2. The third-order valence-corrected chi connectivity index (χ3v) is 3.46. The number of aliphatic imine (C=N–C) groups is 2. The van der Waals surface area contributed by atoms with Crippen LogP contribution < -0.4 is 0 Å². The number of halogens is 1. The van der Waals surface area contributed by atoms with Gasteiger partial charge in [-0.3, -0.25) is 0 Å². The molecule has 5 heteroatoms. The van der Waals surface area contributed by atoms with Crippen LogP contribution in [-0.2, 0) is 0 Å². The highest BCUT2D eigenvalue weighted by Gasteiger charge is 2.14. The molecular weight excluding hydrogens is 310 g/mol. The normalized spacial score (nSPS) is 16.3. The van der Waals surface area contributed by atoms with Crippen LogP contribution in [0.25, 0.3) is 0 Å². The summed E-state index contributed by atoms with van der Waals surface area (Å²) < 4.78 is 1.04. The van der Waals surface area contributed by atoms with Crippen molar-refractivity contribution in [3.05, 3.63) is 28.7 Å². The molecule has 0 radical (unpaired) electrons. The van der Waals surface area contributed by atoms with Crippen LogP contribution >= 0.6 is 28.1 Å². The summed E-state index contributed by atoms with van der Waals surface area (Å²) >= 11 is 8.11.